The van der Waals surface area contributed by atoms with Crippen molar-refractivity contribution in [3.05, 3.63) is 77.3 Å². The van der Waals surface area contributed by atoms with Gasteiger partial charge in [-0.25, -0.2) is 9.83 Å². The van der Waals surface area contributed by atoms with Crippen molar-refractivity contribution in [1.29, 1.82) is 0 Å². The van der Waals surface area contributed by atoms with Crippen LogP contribution in [0.1, 0.15) is 18.1 Å². The van der Waals surface area contributed by atoms with Crippen molar-refractivity contribution >= 4 is 24.4 Å². The maximum atomic E-state index is 9.76. The predicted molar refractivity (Wildman–Crippen MR) is 110 cm³/mol. The van der Waals surface area contributed by atoms with Crippen LogP contribution in [0.5, 0.6) is 23.1 Å². The first kappa shape index (κ1) is 21.7. The Labute approximate surface area is 179 Å². The standard InChI is InChI=1S/C21H17BN2O4.CO2/c1-3-14-4-8-19(20(10-14)28-21-9-5-16(23-2)12-24-21)27-17-6-7-18-15(11-17)13-26-22(18)25;2-1-3/h4-12,25H,3,13H2,1H3;. The van der Waals surface area contributed by atoms with Crippen LogP contribution < -0.4 is 14.9 Å². The minimum absolute atomic E-state index is 0.250. The van der Waals surface area contributed by atoms with E-state index in [1.165, 1.54) is 6.20 Å². The molecule has 0 bridgehead atoms. The smallest absolute Gasteiger partial charge is 0.453 e. The Morgan fingerprint density at radius 3 is 2.65 bits per heavy atom. The third-order valence-electron chi connectivity index (χ3n) is 4.49. The van der Waals surface area contributed by atoms with Crippen molar-refractivity contribution in [2.45, 2.75) is 20.0 Å². The van der Waals surface area contributed by atoms with E-state index in [9.17, 15) is 5.02 Å². The van der Waals surface area contributed by atoms with E-state index in [0.29, 0.717) is 35.4 Å². The number of fused-ring (bicyclic) bond motifs is 1. The molecule has 1 aliphatic rings. The third kappa shape index (κ3) is 5.35. The summed E-state index contributed by atoms with van der Waals surface area (Å²) in [6.07, 6.45) is 2.58. The second-order valence-corrected chi connectivity index (χ2v) is 6.41. The molecule has 1 N–H and O–H groups in total. The lowest BCUT2D eigenvalue weighted by atomic mass is 9.80. The fourth-order valence-electron chi connectivity index (χ4n) is 2.95. The molecule has 2 heterocycles. The molecule has 1 aromatic heterocycles. The highest BCUT2D eigenvalue weighted by Gasteiger charge is 2.27. The minimum Gasteiger partial charge on any atom is -0.453 e. The van der Waals surface area contributed by atoms with Gasteiger partial charge < -0.3 is 19.2 Å². The van der Waals surface area contributed by atoms with E-state index >= 15 is 0 Å². The van der Waals surface area contributed by atoms with Gasteiger partial charge in [0.05, 0.1) is 13.2 Å². The zero-order chi connectivity index (χ0) is 22.2. The molecule has 0 spiro atoms. The summed E-state index contributed by atoms with van der Waals surface area (Å²) in [5, 5.41) is 9.76. The van der Waals surface area contributed by atoms with Crippen molar-refractivity contribution in [2.75, 3.05) is 0 Å². The summed E-state index contributed by atoms with van der Waals surface area (Å²) < 4.78 is 17.2. The van der Waals surface area contributed by atoms with Gasteiger partial charge in [0.1, 0.15) is 5.75 Å². The second kappa shape index (κ2) is 10.2. The maximum Gasteiger partial charge on any atom is 0.491 e. The first-order chi connectivity index (χ1) is 15.1. The van der Waals surface area contributed by atoms with Gasteiger partial charge in [-0.2, -0.15) is 9.59 Å². The van der Waals surface area contributed by atoms with E-state index in [-0.39, 0.29) is 6.15 Å². The van der Waals surface area contributed by atoms with E-state index in [0.717, 1.165) is 23.0 Å². The second-order valence-electron chi connectivity index (χ2n) is 6.41. The summed E-state index contributed by atoms with van der Waals surface area (Å²) >= 11 is 0. The van der Waals surface area contributed by atoms with Crippen molar-refractivity contribution in [3.8, 4) is 23.1 Å². The normalized spacial score (nSPS) is 11.5. The lowest BCUT2D eigenvalue weighted by Gasteiger charge is -2.14. The van der Waals surface area contributed by atoms with E-state index in [1.54, 1.807) is 24.3 Å². The molecule has 0 atom stereocenters. The Hall–Kier alpha value is -3.96. The Morgan fingerprint density at radius 2 is 1.97 bits per heavy atom. The number of benzene rings is 2. The van der Waals surface area contributed by atoms with Gasteiger partial charge >= 0.3 is 13.3 Å². The molecule has 0 amide bonds. The summed E-state index contributed by atoms with van der Waals surface area (Å²) in [6, 6.07) is 14.5. The average molecular weight is 416 g/mol. The van der Waals surface area contributed by atoms with Crippen LogP contribution in [0.15, 0.2) is 54.7 Å². The first-order valence-corrected chi connectivity index (χ1v) is 9.31. The van der Waals surface area contributed by atoms with Gasteiger partial charge in [-0.3, -0.25) is 0 Å². The fraction of sp³-hybridized carbons (Fsp3) is 0.136. The van der Waals surface area contributed by atoms with Gasteiger partial charge in [0.15, 0.2) is 11.5 Å². The number of aromatic nitrogens is 1. The van der Waals surface area contributed by atoms with E-state index < -0.39 is 7.12 Å². The fourth-order valence-corrected chi connectivity index (χ4v) is 2.95. The summed E-state index contributed by atoms with van der Waals surface area (Å²) in [4.78, 5) is 23.8. The zero-order valence-corrected chi connectivity index (χ0v) is 16.6. The number of pyridine rings is 1. The highest BCUT2D eigenvalue weighted by Crippen LogP contribution is 2.36. The Bertz CT molecular complexity index is 1140. The summed E-state index contributed by atoms with van der Waals surface area (Å²) in [7, 11) is -0.878. The van der Waals surface area contributed by atoms with Gasteiger partial charge in [-0.05, 0) is 59.4 Å². The summed E-state index contributed by atoms with van der Waals surface area (Å²) in [5.74, 6) is 2.10. The molecular formula is C22H17BN2O6. The van der Waals surface area contributed by atoms with Crippen LogP contribution in [0.3, 0.4) is 0 Å². The van der Waals surface area contributed by atoms with Crippen molar-refractivity contribution in [2.24, 2.45) is 0 Å². The SMILES string of the molecule is O=C=O.[C-]#[N+]c1ccc(Oc2cc(CC)ccc2Oc2ccc3c(c2)COB3O)nc1. The molecule has 3 aromatic rings. The summed E-state index contributed by atoms with van der Waals surface area (Å²) in [6.45, 7) is 9.43. The zero-order valence-electron chi connectivity index (χ0n) is 16.6. The van der Waals surface area contributed by atoms with Crippen LogP contribution in [0.2, 0.25) is 0 Å². The molecule has 154 valence electrons. The van der Waals surface area contributed by atoms with Crippen LogP contribution >= 0.6 is 0 Å². The topological polar surface area (TPSA) is 99.3 Å². The largest absolute Gasteiger partial charge is 0.491 e. The van der Waals surface area contributed by atoms with E-state index in [1.807, 2.05) is 24.3 Å². The lowest BCUT2D eigenvalue weighted by molar-refractivity contribution is -0.191. The molecule has 1 aliphatic heterocycles. The predicted octanol–water partition coefficient (Wildman–Crippen LogP) is 3.41. The monoisotopic (exact) mass is 416 g/mol. The van der Waals surface area contributed by atoms with Crippen LogP contribution in [0.4, 0.5) is 5.69 Å². The number of ether oxygens (including phenoxy) is 2. The number of aryl methyl sites for hydroxylation is 1. The minimum atomic E-state index is -0.878. The van der Waals surface area contributed by atoms with Gasteiger partial charge in [-0.15, -0.1) is 0 Å². The lowest BCUT2D eigenvalue weighted by Crippen LogP contribution is -2.27. The Kier molecular flexibility index (Phi) is 7.15. The number of carbonyl (C=O) groups excluding carboxylic acids is 2. The quantitative estimate of drug-likeness (QED) is 0.503. The van der Waals surface area contributed by atoms with Crippen LogP contribution in [-0.2, 0) is 27.3 Å². The van der Waals surface area contributed by atoms with Crippen molar-refractivity contribution in [1.82, 2.24) is 4.98 Å². The van der Waals surface area contributed by atoms with E-state index in [4.69, 9.17) is 30.3 Å². The molecule has 2 aromatic carbocycles. The van der Waals surface area contributed by atoms with Gasteiger partial charge in [-0.1, -0.05) is 19.1 Å². The Balaban J connectivity index is 0.000000858. The molecule has 31 heavy (non-hydrogen) atoms. The van der Waals surface area contributed by atoms with Crippen LogP contribution in [0.25, 0.3) is 4.85 Å². The number of rotatable bonds is 5. The maximum absolute atomic E-state index is 9.76. The molecule has 0 fully saturated rings. The molecule has 0 unspecified atom stereocenters. The van der Waals surface area contributed by atoms with Crippen molar-refractivity contribution in [3.63, 3.8) is 0 Å². The number of nitrogens with zero attached hydrogens (tertiary/aromatic N) is 2. The summed E-state index contributed by atoms with van der Waals surface area (Å²) in [5.41, 5.74) is 3.21. The van der Waals surface area contributed by atoms with Crippen LogP contribution in [-0.4, -0.2) is 23.3 Å². The molecular weight excluding hydrogens is 399 g/mol. The average Bonchev–Trinajstić information content (AvgIpc) is 3.16. The van der Waals surface area contributed by atoms with Crippen molar-refractivity contribution < 1.29 is 28.7 Å². The molecule has 0 radical (unpaired) electrons. The van der Waals surface area contributed by atoms with E-state index in [2.05, 4.69) is 16.8 Å². The number of hydrogen-bond acceptors (Lipinski definition) is 7. The molecule has 0 saturated heterocycles. The molecule has 8 nitrogen and oxygen atoms in total. The molecule has 4 rings (SSSR count). The molecule has 9 heteroatoms. The van der Waals surface area contributed by atoms with Gasteiger partial charge in [0.2, 0.25) is 11.6 Å². The highest BCUT2D eigenvalue weighted by atomic mass is 16.5. The van der Waals surface area contributed by atoms with Crippen LogP contribution in [0, 0.1) is 6.57 Å². The molecule has 0 aliphatic carbocycles. The number of hydrogen-bond donors (Lipinski definition) is 1. The van der Waals surface area contributed by atoms with Gasteiger partial charge in [0.25, 0.3) is 0 Å². The highest BCUT2D eigenvalue weighted by molar-refractivity contribution is 6.61. The molecule has 0 saturated carbocycles. The van der Waals surface area contributed by atoms with Gasteiger partial charge in [0, 0.05) is 6.20 Å². The Morgan fingerprint density at radius 1 is 1.16 bits per heavy atom. The third-order valence-corrected chi connectivity index (χ3v) is 4.49. The first-order valence-electron chi connectivity index (χ1n) is 9.31.